The van der Waals surface area contributed by atoms with Crippen molar-refractivity contribution in [2.45, 2.75) is 0 Å². The van der Waals surface area contributed by atoms with Crippen LogP contribution in [0, 0.1) is 0 Å². The lowest BCUT2D eigenvalue weighted by Crippen LogP contribution is -2.07. The van der Waals surface area contributed by atoms with E-state index in [9.17, 15) is 0 Å². The number of halogens is 1. The van der Waals surface area contributed by atoms with Gasteiger partial charge in [0.25, 0.3) is 0 Å². The van der Waals surface area contributed by atoms with Gasteiger partial charge in [0, 0.05) is 5.56 Å². The van der Waals surface area contributed by atoms with Crippen LogP contribution in [0.3, 0.4) is 0 Å². The third-order valence-corrected chi connectivity index (χ3v) is 2.97. The van der Waals surface area contributed by atoms with Crippen LogP contribution in [0.1, 0.15) is 0 Å². The van der Waals surface area contributed by atoms with Crippen molar-refractivity contribution in [2.75, 3.05) is 11.6 Å². The van der Waals surface area contributed by atoms with Crippen LogP contribution in [-0.2, 0) is 0 Å². The van der Waals surface area contributed by atoms with E-state index in [-0.39, 0.29) is 0 Å². The number of aromatic nitrogens is 5. The Balaban J connectivity index is 2.35. The number of imidazole rings is 1. The van der Waals surface area contributed by atoms with E-state index in [0.29, 0.717) is 11.5 Å². The van der Waals surface area contributed by atoms with Gasteiger partial charge in [0.15, 0.2) is 11.5 Å². The Morgan fingerprint density at radius 3 is 2.71 bits per heavy atom. The fourth-order valence-corrected chi connectivity index (χ4v) is 2.12. The molecule has 0 saturated carbocycles. The second kappa shape index (κ2) is 3.45. The summed E-state index contributed by atoms with van der Waals surface area (Å²) in [6.45, 7) is 0. The number of nitrogens with zero attached hydrogens (tertiary/aromatic N) is 5. The highest BCUT2D eigenvalue weighted by Crippen LogP contribution is 2.25. The standard InChI is InChI=1S/C9H8BrN7/c10-7-3-13-8(11)9-14-2-6(17(7)9)5-1-15-16(12)4-5/h1-4H,12H2,(H2,11,13). The zero-order valence-corrected chi connectivity index (χ0v) is 10.2. The summed E-state index contributed by atoms with van der Waals surface area (Å²) in [7, 11) is 0. The number of fused-ring (bicyclic) bond motifs is 1. The van der Waals surface area contributed by atoms with Gasteiger partial charge >= 0.3 is 0 Å². The molecule has 0 saturated heterocycles. The average Bonchev–Trinajstić information content (AvgIpc) is 2.89. The van der Waals surface area contributed by atoms with E-state index in [1.54, 1.807) is 24.8 Å². The van der Waals surface area contributed by atoms with Crippen molar-refractivity contribution in [3.63, 3.8) is 0 Å². The van der Waals surface area contributed by atoms with Gasteiger partial charge in [-0.25, -0.2) is 9.97 Å². The predicted molar refractivity (Wildman–Crippen MR) is 66.5 cm³/mol. The largest absolute Gasteiger partial charge is 0.381 e. The van der Waals surface area contributed by atoms with Gasteiger partial charge in [-0.15, -0.1) is 0 Å². The molecule has 7 nitrogen and oxygen atoms in total. The van der Waals surface area contributed by atoms with Crippen LogP contribution < -0.4 is 11.6 Å². The SMILES string of the molecule is Nc1ncc(Br)n2c(-c3cnn(N)c3)cnc12. The quantitative estimate of drug-likeness (QED) is 0.642. The molecule has 3 heterocycles. The predicted octanol–water partition coefficient (Wildman–Crippen LogP) is 0.651. The Bertz CT molecular complexity index is 699. The first-order valence-corrected chi connectivity index (χ1v) is 5.53. The minimum Gasteiger partial charge on any atom is -0.381 e. The van der Waals surface area contributed by atoms with E-state index in [1.807, 2.05) is 4.40 Å². The van der Waals surface area contributed by atoms with Crippen LogP contribution in [0.4, 0.5) is 5.82 Å². The molecule has 0 spiro atoms. The van der Waals surface area contributed by atoms with Crippen molar-refractivity contribution >= 4 is 27.4 Å². The molecular formula is C9H8BrN7. The Hall–Kier alpha value is -2.09. The topological polar surface area (TPSA) is 100 Å². The minimum atomic E-state index is 0.375. The molecular weight excluding hydrogens is 286 g/mol. The van der Waals surface area contributed by atoms with E-state index in [1.165, 1.54) is 4.79 Å². The van der Waals surface area contributed by atoms with Crippen LogP contribution in [0.5, 0.6) is 0 Å². The van der Waals surface area contributed by atoms with Gasteiger partial charge in [0.2, 0.25) is 0 Å². The molecule has 0 amide bonds. The van der Waals surface area contributed by atoms with Crippen molar-refractivity contribution in [2.24, 2.45) is 0 Å². The zero-order chi connectivity index (χ0) is 12.0. The molecule has 0 unspecified atom stereocenters. The summed E-state index contributed by atoms with van der Waals surface area (Å²) in [6.07, 6.45) is 6.69. The highest BCUT2D eigenvalue weighted by atomic mass is 79.9. The molecule has 0 aliphatic heterocycles. The summed E-state index contributed by atoms with van der Waals surface area (Å²) in [5.41, 5.74) is 8.06. The molecule has 8 heteroatoms. The van der Waals surface area contributed by atoms with Crippen LogP contribution in [0.25, 0.3) is 16.9 Å². The van der Waals surface area contributed by atoms with Gasteiger partial charge < -0.3 is 11.6 Å². The first kappa shape index (κ1) is 10.1. The molecule has 86 valence electrons. The molecule has 17 heavy (non-hydrogen) atoms. The van der Waals surface area contributed by atoms with E-state index in [2.05, 4.69) is 31.0 Å². The van der Waals surface area contributed by atoms with Crippen LogP contribution in [-0.4, -0.2) is 24.3 Å². The lowest BCUT2D eigenvalue weighted by molar-refractivity contribution is 0.832. The molecule has 4 N–H and O–H groups in total. The summed E-state index contributed by atoms with van der Waals surface area (Å²) in [5, 5.41) is 3.92. The van der Waals surface area contributed by atoms with Crippen molar-refractivity contribution in [1.29, 1.82) is 0 Å². The maximum Gasteiger partial charge on any atom is 0.181 e. The molecule has 3 rings (SSSR count). The summed E-state index contributed by atoms with van der Waals surface area (Å²) in [6, 6.07) is 0. The second-order valence-corrected chi connectivity index (χ2v) is 4.29. The first-order chi connectivity index (χ1) is 8.16. The number of nitrogen functional groups attached to an aromatic ring is 2. The first-order valence-electron chi connectivity index (χ1n) is 4.74. The van der Waals surface area contributed by atoms with Gasteiger partial charge in [-0.1, -0.05) is 0 Å². The number of nitrogens with two attached hydrogens (primary N) is 2. The number of hydrogen-bond donors (Lipinski definition) is 2. The number of rotatable bonds is 1. The third kappa shape index (κ3) is 1.45. The molecule has 0 atom stereocenters. The lowest BCUT2D eigenvalue weighted by atomic mass is 10.3. The van der Waals surface area contributed by atoms with Crippen molar-refractivity contribution < 1.29 is 0 Å². The van der Waals surface area contributed by atoms with E-state index in [0.717, 1.165) is 15.9 Å². The normalized spacial score (nSPS) is 11.1. The average molecular weight is 294 g/mol. The second-order valence-electron chi connectivity index (χ2n) is 3.48. The smallest absolute Gasteiger partial charge is 0.181 e. The van der Waals surface area contributed by atoms with E-state index >= 15 is 0 Å². The Labute approximate surface area is 104 Å². The Morgan fingerprint density at radius 2 is 2.00 bits per heavy atom. The minimum absolute atomic E-state index is 0.375. The monoisotopic (exact) mass is 293 g/mol. The van der Waals surface area contributed by atoms with Crippen molar-refractivity contribution in [1.82, 2.24) is 24.3 Å². The van der Waals surface area contributed by atoms with Crippen LogP contribution >= 0.6 is 15.9 Å². The lowest BCUT2D eigenvalue weighted by Gasteiger charge is -2.03. The van der Waals surface area contributed by atoms with Crippen LogP contribution in [0.15, 0.2) is 29.4 Å². The molecule has 3 aromatic heterocycles. The van der Waals surface area contributed by atoms with E-state index < -0.39 is 0 Å². The summed E-state index contributed by atoms with van der Waals surface area (Å²) in [5.74, 6) is 5.90. The highest BCUT2D eigenvalue weighted by molar-refractivity contribution is 9.10. The molecule has 0 aliphatic carbocycles. The molecule has 0 aromatic carbocycles. The van der Waals surface area contributed by atoms with Crippen molar-refractivity contribution in [3.8, 4) is 11.3 Å². The van der Waals surface area contributed by atoms with Gasteiger partial charge in [-0.05, 0) is 15.9 Å². The molecule has 0 radical (unpaired) electrons. The molecule has 0 bridgehead atoms. The molecule has 0 fully saturated rings. The number of hydrogen-bond acceptors (Lipinski definition) is 5. The zero-order valence-electron chi connectivity index (χ0n) is 8.58. The maximum absolute atomic E-state index is 5.76. The molecule has 3 aromatic rings. The van der Waals surface area contributed by atoms with Gasteiger partial charge in [-0.3, -0.25) is 4.40 Å². The van der Waals surface area contributed by atoms with Gasteiger partial charge in [-0.2, -0.15) is 9.89 Å². The van der Waals surface area contributed by atoms with Gasteiger partial charge in [0.1, 0.15) is 4.60 Å². The summed E-state index contributed by atoms with van der Waals surface area (Å²) in [4.78, 5) is 9.50. The summed E-state index contributed by atoms with van der Waals surface area (Å²) < 4.78 is 2.61. The van der Waals surface area contributed by atoms with Crippen LogP contribution in [0.2, 0.25) is 0 Å². The maximum atomic E-state index is 5.76. The van der Waals surface area contributed by atoms with Crippen molar-refractivity contribution in [3.05, 3.63) is 29.4 Å². The summed E-state index contributed by atoms with van der Waals surface area (Å²) >= 11 is 3.41. The fourth-order valence-electron chi connectivity index (χ4n) is 1.66. The third-order valence-electron chi connectivity index (χ3n) is 2.41. The number of anilines is 1. The Morgan fingerprint density at radius 1 is 1.18 bits per heavy atom. The highest BCUT2D eigenvalue weighted by Gasteiger charge is 2.12. The fraction of sp³-hybridized carbons (Fsp3) is 0. The Kier molecular flexibility index (Phi) is 2.05. The molecule has 0 aliphatic rings. The van der Waals surface area contributed by atoms with Gasteiger partial charge in [0.05, 0.1) is 30.5 Å². The van der Waals surface area contributed by atoms with E-state index in [4.69, 9.17) is 11.6 Å².